The van der Waals surface area contributed by atoms with Crippen LogP contribution in [0.3, 0.4) is 0 Å². The van der Waals surface area contributed by atoms with Gasteiger partial charge in [0.05, 0.1) is 11.6 Å². The van der Waals surface area contributed by atoms with Crippen LogP contribution in [0, 0.1) is 0 Å². The van der Waals surface area contributed by atoms with Gasteiger partial charge in [0.25, 0.3) is 0 Å². The summed E-state index contributed by atoms with van der Waals surface area (Å²) >= 11 is 0. The third kappa shape index (κ3) is 3.50. The fraction of sp³-hybridized carbons (Fsp3) is 0.0303. The van der Waals surface area contributed by atoms with E-state index in [1.165, 1.54) is 0 Å². The number of aromatic nitrogens is 8. The van der Waals surface area contributed by atoms with E-state index in [0.717, 1.165) is 55.1 Å². The van der Waals surface area contributed by atoms with Gasteiger partial charge in [-0.2, -0.15) is 0 Å². The van der Waals surface area contributed by atoms with Crippen LogP contribution in [-0.4, -0.2) is 34.5 Å². The Hall–Kier alpha value is -5.14. The predicted octanol–water partition coefficient (Wildman–Crippen LogP) is 6.51. The summed E-state index contributed by atoms with van der Waals surface area (Å²) < 4.78 is 2.01. The van der Waals surface area contributed by atoms with Crippen LogP contribution in [-0.2, 0) is 26.5 Å². The molecule has 2 aliphatic heterocycles. The molecule has 0 spiro atoms. The van der Waals surface area contributed by atoms with Gasteiger partial charge < -0.3 is 19.5 Å². The first kappa shape index (κ1) is 24.6. The number of benzene rings is 4. The normalized spacial score (nSPS) is 11.7. The van der Waals surface area contributed by atoms with E-state index in [1.807, 2.05) is 96.5 Å². The Bertz CT molecular complexity index is 2240. The van der Waals surface area contributed by atoms with E-state index in [4.69, 9.17) is 34.9 Å². The number of aryl methyl sites for hydroxylation is 1. The Kier molecular flexibility index (Phi) is 5.39. The number of rotatable bonds is 0. The van der Waals surface area contributed by atoms with E-state index >= 15 is 0 Å². The molecule has 8 bridgehead atoms. The van der Waals surface area contributed by atoms with Crippen molar-refractivity contribution in [3.05, 3.63) is 97.1 Å². The number of nitrogens with zero attached hydrogens (tertiary/aromatic N) is 8. The third-order valence-electron chi connectivity index (χ3n) is 7.75. The van der Waals surface area contributed by atoms with E-state index in [9.17, 15) is 0 Å². The van der Waals surface area contributed by atoms with E-state index in [2.05, 4.69) is 12.1 Å². The maximum atomic E-state index is 5.12. The van der Waals surface area contributed by atoms with Crippen LogP contribution in [0.2, 0.25) is 0 Å². The molecule has 194 valence electrons. The monoisotopic (exact) mass is 591 g/mol. The van der Waals surface area contributed by atoms with Crippen LogP contribution in [0.5, 0.6) is 0 Å². The van der Waals surface area contributed by atoms with Crippen molar-refractivity contribution in [3.63, 3.8) is 0 Å². The van der Waals surface area contributed by atoms with Gasteiger partial charge >= 0.3 is 0 Å². The van der Waals surface area contributed by atoms with Gasteiger partial charge in [-0.15, -0.1) is 0 Å². The molecular formula is C33H19N8Zn-. The standard InChI is InChI=1S/C33H19N8.Zn/c1-41-32-24-16-8-9-17-25(24)33(41)40-31-23-15-7-5-13-21(23)29(38-31)36-27-19-11-3-2-10-18(19)26(34-27)35-28-20-12-4-6-14-22(20)30(37-28)39-32;/h2-17H,1H3;/q-1;. The third-order valence-corrected chi connectivity index (χ3v) is 7.75. The molecule has 0 unspecified atom stereocenters. The first-order valence-corrected chi connectivity index (χ1v) is 13.3. The number of hydrogen-bond donors (Lipinski definition) is 0. The molecule has 5 heterocycles. The van der Waals surface area contributed by atoms with E-state index in [1.54, 1.807) is 0 Å². The average Bonchev–Trinajstić information content (AvgIpc) is 3.72. The zero-order valence-electron chi connectivity index (χ0n) is 22.5. The SMILES string of the molecule is Cn1c2nc3nc(nc4[n-]c(nc5nc(nc1c1ccccc12)-c1ccccc1-5)c1ccccc41)-c1ccccc1-3.[Zn]. The van der Waals surface area contributed by atoms with Crippen molar-refractivity contribution in [2.75, 3.05) is 0 Å². The van der Waals surface area contributed by atoms with Gasteiger partial charge in [-0.05, 0) is 10.8 Å². The minimum Gasteiger partial charge on any atom is -0.357 e. The minimum atomic E-state index is 0. The molecule has 0 atom stereocenters. The van der Waals surface area contributed by atoms with Gasteiger partial charge in [0, 0.05) is 70.8 Å². The van der Waals surface area contributed by atoms with Crippen LogP contribution in [0.15, 0.2) is 97.1 Å². The zero-order valence-corrected chi connectivity index (χ0v) is 25.5. The average molecular weight is 593 g/mol. The molecule has 0 saturated heterocycles. The summed E-state index contributed by atoms with van der Waals surface area (Å²) in [6.07, 6.45) is 0. The summed E-state index contributed by atoms with van der Waals surface area (Å²) in [6.45, 7) is 0. The molecule has 0 saturated carbocycles. The maximum Gasteiger partial charge on any atom is 0.163 e. The quantitative estimate of drug-likeness (QED) is 0.185. The fourth-order valence-electron chi connectivity index (χ4n) is 5.80. The van der Waals surface area contributed by atoms with Crippen molar-refractivity contribution in [2.24, 2.45) is 7.05 Å². The molecule has 9 heteroatoms. The minimum absolute atomic E-state index is 0. The summed E-state index contributed by atoms with van der Waals surface area (Å²) in [5.41, 5.74) is 6.33. The van der Waals surface area contributed by atoms with Crippen molar-refractivity contribution < 1.29 is 19.5 Å². The van der Waals surface area contributed by atoms with E-state index < -0.39 is 0 Å². The van der Waals surface area contributed by atoms with Crippen LogP contribution < -0.4 is 4.98 Å². The Morgan fingerprint density at radius 1 is 0.429 bits per heavy atom. The second kappa shape index (κ2) is 9.19. The van der Waals surface area contributed by atoms with Crippen molar-refractivity contribution in [1.29, 1.82) is 0 Å². The smallest absolute Gasteiger partial charge is 0.163 e. The van der Waals surface area contributed by atoms with Crippen LogP contribution in [0.25, 0.3) is 89.7 Å². The predicted molar refractivity (Wildman–Crippen MR) is 160 cm³/mol. The van der Waals surface area contributed by atoms with Gasteiger partial charge in [0.2, 0.25) is 0 Å². The number of hydrogen-bond acceptors (Lipinski definition) is 6. The van der Waals surface area contributed by atoms with Gasteiger partial charge in [-0.3, -0.25) is 0 Å². The van der Waals surface area contributed by atoms with Crippen molar-refractivity contribution >= 4 is 44.1 Å². The summed E-state index contributed by atoms with van der Waals surface area (Å²) in [5, 5.41) is 3.77. The molecule has 7 aromatic rings. The molecule has 0 aliphatic carbocycles. The van der Waals surface area contributed by atoms with Crippen molar-refractivity contribution in [3.8, 4) is 45.6 Å². The molecule has 3 aromatic heterocycles. The molecule has 0 fully saturated rings. The molecule has 9 rings (SSSR count). The Balaban J connectivity index is 0.00000267. The fourth-order valence-corrected chi connectivity index (χ4v) is 5.80. The van der Waals surface area contributed by atoms with E-state index in [0.29, 0.717) is 34.6 Å². The molecule has 0 amide bonds. The van der Waals surface area contributed by atoms with Crippen LogP contribution >= 0.6 is 0 Å². The molecule has 42 heavy (non-hydrogen) atoms. The molecular weight excluding hydrogens is 574 g/mol. The first-order chi connectivity index (χ1) is 20.2. The summed E-state index contributed by atoms with van der Waals surface area (Å²) in [5.74, 6) is 2.35. The van der Waals surface area contributed by atoms with Gasteiger partial charge in [-0.1, -0.05) is 97.1 Å². The van der Waals surface area contributed by atoms with E-state index in [-0.39, 0.29) is 19.5 Å². The van der Waals surface area contributed by atoms with Gasteiger partial charge in [0.1, 0.15) is 11.3 Å². The Morgan fingerprint density at radius 2 is 0.762 bits per heavy atom. The van der Waals surface area contributed by atoms with Gasteiger partial charge in [0.15, 0.2) is 11.6 Å². The van der Waals surface area contributed by atoms with Crippen LogP contribution in [0.1, 0.15) is 0 Å². The second-order valence-electron chi connectivity index (χ2n) is 10.1. The van der Waals surface area contributed by atoms with Crippen molar-refractivity contribution in [1.82, 2.24) is 39.5 Å². The summed E-state index contributed by atoms with van der Waals surface area (Å²) in [4.78, 5) is 35.0. The maximum absolute atomic E-state index is 5.12. The van der Waals surface area contributed by atoms with Gasteiger partial charge in [-0.25, -0.2) is 19.9 Å². The second-order valence-corrected chi connectivity index (χ2v) is 10.1. The molecule has 0 N–H and O–H groups in total. The largest absolute Gasteiger partial charge is 0.357 e. The summed E-state index contributed by atoms with van der Waals surface area (Å²) in [6, 6.07) is 32.2. The topological polar surface area (TPSA) is 96.4 Å². The molecule has 8 nitrogen and oxygen atoms in total. The zero-order chi connectivity index (χ0) is 27.1. The van der Waals surface area contributed by atoms with Crippen LogP contribution in [0.4, 0.5) is 0 Å². The number of fused-ring (bicyclic) bond motifs is 20. The Morgan fingerprint density at radius 3 is 1.17 bits per heavy atom. The Labute approximate surface area is 252 Å². The molecule has 2 aliphatic rings. The summed E-state index contributed by atoms with van der Waals surface area (Å²) in [7, 11) is 1.98. The first-order valence-electron chi connectivity index (χ1n) is 13.3. The van der Waals surface area contributed by atoms with Crippen molar-refractivity contribution in [2.45, 2.75) is 0 Å². The molecule has 0 radical (unpaired) electrons. The molecule has 4 aromatic carbocycles.